The summed E-state index contributed by atoms with van der Waals surface area (Å²) in [4.78, 5) is 11.4. The summed E-state index contributed by atoms with van der Waals surface area (Å²) in [6, 6.07) is 5.37. The van der Waals surface area contributed by atoms with Crippen LogP contribution in [0.2, 0.25) is 0 Å². The first-order chi connectivity index (χ1) is 8.44. The minimum atomic E-state index is -4.68. The third-order valence-corrected chi connectivity index (χ3v) is 2.53. The summed E-state index contributed by atoms with van der Waals surface area (Å²) in [5.41, 5.74) is 0.665. The van der Waals surface area contributed by atoms with Crippen molar-refractivity contribution in [3.8, 4) is 5.75 Å². The van der Waals surface area contributed by atoms with E-state index in [4.69, 9.17) is 0 Å². The lowest BCUT2D eigenvalue weighted by Crippen LogP contribution is -2.16. The number of rotatable bonds is 4. The van der Waals surface area contributed by atoms with E-state index in [2.05, 4.69) is 4.74 Å². The van der Waals surface area contributed by atoms with Crippen LogP contribution < -0.4 is 4.74 Å². The van der Waals surface area contributed by atoms with Crippen LogP contribution in [-0.4, -0.2) is 12.1 Å². The standard InChI is InChI=1S/C13H11F3O2/c14-13(15,16)18-11-6-1-9(2-7-11)3-8-12(17)10-4-5-10/h1-3,6-8,10H,4-5H2/b8-3+. The van der Waals surface area contributed by atoms with Crippen molar-refractivity contribution in [3.63, 3.8) is 0 Å². The van der Waals surface area contributed by atoms with Crippen molar-refractivity contribution in [2.24, 2.45) is 5.92 Å². The van der Waals surface area contributed by atoms with E-state index in [1.165, 1.54) is 30.3 Å². The fourth-order valence-electron chi connectivity index (χ4n) is 1.46. The van der Waals surface area contributed by atoms with E-state index in [-0.39, 0.29) is 17.5 Å². The van der Waals surface area contributed by atoms with E-state index in [1.807, 2.05) is 0 Å². The molecule has 1 aromatic carbocycles. The molecule has 1 saturated carbocycles. The molecule has 5 heteroatoms. The van der Waals surface area contributed by atoms with Gasteiger partial charge in [-0.15, -0.1) is 13.2 Å². The molecule has 0 radical (unpaired) electrons. The van der Waals surface area contributed by atoms with Gasteiger partial charge in [-0.25, -0.2) is 0 Å². The molecule has 1 aromatic rings. The Bertz CT molecular complexity index is 456. The molecule has 1 aliphatic carbocycles. The lowest BCUT2D eigenvalue weighted by atomic mass is 10.1. The van der Waals surface area contributed by atoms with Gasteiger partial charge in [-0.1, -0.05) is 18.2 Å². The van der Waals surface area contributed by atoms with E-state index in [1.54, 1.807) is 6.08 Å². The van der Waals surface area contributed by atoms with Crippen molar-refractivity contribution in [1.82, 2.24) is 0 Å². The van der Waals surface area contributed by atoms with Gasteiger partial charge in [0, 0.05) is 5.92 Å². The van der Waals surface area contributed by atoms with Gasteiger partial charge in [0.15, 0.2) is 5.78 Å². The molecular formula is C13H11F3O2. The molecule has 1 aliphatic rings. The van der Waals surface area contributed by atoms with E-state index < -0.39 is 6.36 Å². The number of benzene rings is 1. The average Bonchev–Trinajstić information content (AvgIpc) is 3.09. The Morgan fingerprint density at radius 2 is 1.83 bits per heavy atom. The highest BCUT2D eigenvalue weighted by molar-refractivity contribution is 5.96. The Kier molecular flexibility index (Phi) is 3.41. The Hall–Kier alpha value is -1.78. The summed E-state index contributed by atoms with van der Waals surface area (Å²) in [5.74, 6) is -0.0483. The van der Waals surface area contributed by atoms with Crippen LogP contribution in [0.15, 0.2) is 30.3 Å². The van der Waals surface area contributed by atoms with Gasteiger partial charge in [0.1, 0.15) is 5.75 Å². The lowest BCUT2D eigenvalue weighted by Gasteiger charge is -2.08. The van der Waals surface area contributed by atoms with Crippen molar-refractivity contribution < 1.29 is 22.7 Å². The summed E-state index contributed by atoms with van der Waals surface area (Å²) in [5, 5.41) is 0. The molecule has 0 saturated heterocycles. The van der Waals surface area contributed by atoms with Crippen LogP contribution in [0.1, 0.15) is 18.4 Å². The maximum atomic E-state index is 11.9. The zero-order chi connectivity index (χ0) is 13.2. The molecule has 96 valence electrons. The van der Waals surface area contributed by atoms with Crippen LogP contribution in [0.25, 0.3) is 6.08 Å². The average molecular weight is 256 g/mol. The number of ketones is 1. The van der Waals surface area contributed by atoms with E-state index in [9.17, 15) is 18.0 Å². The van der Waals surface area contributed by atoms with Gasteiger partial charge in [0.2, 0.25) is 0 Å². The largest absolute Gasteiger partial charge is 0.573 e. The van der Waals surface area contributed by atoms with Crippen molar-refractivity contribution >= 4 is 11.9 Å². The van der Waals surface area contributed by atoms with Crippen LogP contribution in [0.5, 0.6) is 5.75 Å². The molecule has 0 amide bonds. The second-order valence-electron chi connectivity index (χ2n) is 4.13. The number of carbonyl (C=O) groups excluding carboxylic acids is 1. The van der Waals surface area contributed by atoms with Gasteiger partial charge in [-0.2, -0.15) is 0 Å². The summed E-state index contributed by atoms with van der Waals surface area (Å²) in [6.45, 7) is 0. The van der Waals surface area contributed by atoms with E-state index >= 15 is 0 Å². The number of halogens is 3. The van der Waals surface area contributed by atoms with Crippen LogP contribution >= 0.6 is 0 Å². The minimum Gasteiger partial charge on any atom is -0.406 e. The molecule has 0 N–H and O–H groups in total. The fraction of sp³-hybridized carbons (Fsp3) is 0.308. The van der Waals surface area contributed by atoms with Crippen molar-refractivity contribution in [2.45, 2.75) is 19.2 Å². The molecule has 2 rings (SSSR count). The maximum absolute atomic E-state index is 11.9. The molecule has 0 aromatic heterocycles. The molecule has 0 unspecified atom stereocenters. The summed E-state index contributed by atoms with van der Waals surface area (Å²) in [7, 11) is 0. The third-order valence-electron chi connectivity index (χ3n) is 2.53. The van der Waals surface area contributed by atoms with Gasteiger partial charge in [-0.3, -0.25) is 4.79 Å². The van der Waals surface area contributed by atoms with Crippen molar-refractivity contribution in [2.75, 3.05) is 0 Å². The van der Waals surface area contributed by atoms with Crippen LogP contribution in [0.3, 0.4) is 0 Å². The number of ether oxygens (including phenoxy) is 1. The fourth-order valence-corrected chi connectivity index (χ4v) is 1.46. The van der Waals surface area contributed by atoms with Crippen LogP contribution in [-0.2, 0) is 4.79 Å². The molecule has 1 fully saturated rings. The van der Waals surface area contributed by atoms with E-state index in [0.717, 1.165) is 12.8 Å². The molecule has 0 spiro atoms. The molecule has 0 heterocycles. The first-order valence-corrected chi connectivity index (χ1v) is 5.52. The molecule has 0 aliphatic heterocycles. The SMILES string of the molecule is O=C(/C=C/c1ccc(OC(F)(F)F)cc1)C1CC1. The molecule has 0 atom stereocenters. The Morgan fingerprint density at radius 1 is 1.22 bits per heavy atom. The predicted octanol–water partition coefficient (Wildman–Crippen LogP) is 3.58. The van der Waals surface area contributed by atoms with Gasteiger partial charge in [-0.05, 0) is 36.6 Å². The Labute approximate surface area is 102 Å². The third kappa shape index (κ3) is 3.91. The molecule has 0 bridgehead atoms. The number of carbonyl (C=O) groups is 1. The quantitative estimate of drug-likeness (QED) is 0.770. The Morgan fingerprint density at radius 3 is 2.33 bits per heavy atom. The number of hydrogen-bond donors (Lipinski definition) is 0. The minimum absolute atomic E-state index is 0.0746. The molecular weight excluding hydrogens is 245 g/mol. The van der Waals surface area contributed by atoms with Crippen molar-refractivity contribution in [3.05, 3.63) is 35.9 Å². The number of allylic oxidation sites excluding steroid dienone is 1. The monoisotopic (exact) mass is 256 g/mol. The maximum Gasteiger partial charge on any atom is 0.573 e. The number of alkyl halides is 3. The van der Waals surface area contributed by atoms with E-state index in [0.29, 0.717) is 5.56 Å². The molecule has 18 heavy (non-hydrogen) atoms. The van der Waals surface area contributed by atoms with Gasteiger partial charge >= 0.3 is 6.36 Å². The highest BCUT2D eigenvalue weighted by atomic mass is 19.4. The highest BCUT2D eigenvalue weighted by Crippen LogP contribution is 2.30. The highest BCUT2D eigenvalue weighted by Gasteiger charge is 2.31. The number of hydrogen-bond acceptors (Lipinski definition) is 2. The van der Waals surface area contributed by atoms with Gasteiger partial charge < -0.3 is 4.74 Å². The first kappa shape index (κ1) is 12.7. The summed E-state index contributed by atoms with van der Waals surface area (Å²) >= 11 is 0. The summed E-state index contributed by atoms with van der Waals surface area (Å²) in [6.07, 6.45) is 0.248. The van der Waals surface area contributed by atoms with Crippen LogP contribution in [0, 0.1) is 5.92 Å². The summed E-state index contributed by atoms with van der Waals surface area (Å²) < 4.78 is 39.5. The first-order valence-electron chi connectivity index (χ1n) is 5.52. The van der Waals surface area contributed by atoms with Crippen molar-refractivity contribution in [1.29, 1.82) is 0 Å². The smallest absolute Gasteiger partial charge is 0.406 e. The van der Waals surface area contributed by atoms with Gasteiger partial charge in [0.05, 0.1) is 0 Å². The zero-order valence-electron chi connectivity index (χ0n) is 9.41. The second-order valence-corrected chi connectivity index (χ2v) is 4.13. The normalized spacial score (nSPS) is 15.9. The zero-order valence-corrected chi connectivity index (χ0v) is 9.41. The second kappa shape index (κ2) is 4.84. The lowest BCUT2D eigenvalue weighted by molar-refractivity contribution is -0.274. The van der Waals surface area contributed by atoms with Gasteiger partial charge in [0.25, 0.3) is 0 Å². The van der Waals surface area contributed by atoms with Crippen LogP contribution in [0.4, 0.5) is 13.2 Å². The molecule has 2 nitrogen and oxygen atoms in total. The topological polar surface area (TPSA) is 26.3 Å². The Balaban J connectivity index is 1.96. The predicted molar refractivity (Wildman–Crippen MR) is 59.9 cm³/mol.